The summed E-state index contributed by atoms with van der Waals surface area (Å²) in [6.07, 6.45) is 0.250. The van der Waals surface area contributed by atoms with E-state index in [-0.39, 0.29) is 18.0 Å². The molecule has 3 rings (SSSR count). The summed E-state index contributed by atoms with van der Waals surface area (Å²) in [7, 11) is 2.97. The minimum Gasteiger partial charge on any atom is -0.496 e. The minimum atomic E-state index is -0.242. The fourth-order valence-electron chi connectivity index (χ4n) is 2.72. The lowest BCUT2D eigenvalue weighted by molar-refractivity contribution is -0.106. The molecule has 0 radical (unpaired) electrons. The molecule has 6 heteroatoms. The van der Waals surface area contributed by atoms with Crippen molar-refractivity contribution < 1.29 is 23.9 Å². The molecular formula is C18H17NO5. The maximum absolute atomic E-state index is 12.8. The summed E-state index contributed by atoms with van der Waals surface area (Å²) in [5, 5.41) is 0. The average Bonchev–Trinajstić information content (AvgIpc) is 2.58. The first-order valence-electron chi connectivity index (χ1n) is 7.10. The average molecular weight is 327 g/mol. The van der Waals surface area contributed by atoms with Crippen molar-refractivity contribution in [1.29, 1.82) is 0 Å². The quantitative estimate of drug-likeness (QED) is 0.725. The van der Waals surface area contributed by atoms with Gasteiger partial charge in [-0.3, -0.25) is 14.4 Å². The van der Waals surface area contributed by atoms with Gasteiger partial charge in [-0.15, -0.1) is 0 Å². The number of primary amides is 1. The topological polar surface area (TPSA) is 95.7 Å². The molecule has 0 spiro atoms. The smallest absolute Gasteiger partial charge is 0.204 e. The summed E-state index contributed by atoms with van der Waals surface area (Å²) < 4.78 is 10.5. The van der Waals surface area contributed by atoms with Gasteiger partial charge in [0.2, 0.25) is 12.2 Å². The van der Waals surface area contributed by atoms with Crippen molar-refractivity contribution >= 4 is 18.0 Å². The first-order chi connectivity index (χ1) is 11.5. The van der Waals surface area contributed by atoms with Crippen LogP contribution in [0, 0.1) is 6.92 Å². The first kappa shape index (κ1) is 17.2. The summed E-state index contributed by atoms with van der Waals surface area (Å²) >= 11 is 0. The van der Waals surface area contributed by atoms with Crippen LogP contribution in [0.4, 0.5) is 0 Å². The molecule has 1 amide bonds. The van der Waals surface area contributed by atoms with Gasteiger partial charge in [-0.25, -0.2) is 0 Å². The predicted octanol–water partition coefficient (Wildman–Crippen LogP) is 1.89. The van der Waals surface area contributed by atoms with Crippen LogP contribution in [0.15, 0.2) is 30.3 Å². The van der Waals surface area contributed by atoms with Crippen LogP contribution in [0.5, 0.6) is 11.5 Å². The first-order valence-corrected chi connectivity index (χ1v) is 7.10. The molecule has 0 fully saturated rings. The minimum absolute atomic E-state index is 0.180. The van der Waals surface area contributed by atoms with Crippen molar-refractivity contribution in [1.82, 2.24) is 0 Å². The zero-order chi connectivity index (χ0) is 17.9. The molecule has 24 heavy (non-hydrogen) atoms. The number of ether oxygens (including phenoxy) is 2. The van der Waals surface area contributed by atoms with Gasteiger partial charge in [-0.2, -0.15) is 0 Å². The lowest BCUT2D eigenvalue weighted by Crippen LogP contribution is -2.22. The molecule has 2 aromatic rings. The second-order valence-corrected chi connectivity index (χ2v) is 5.07. The van der Waals surface area contributed by atoms with Gasteiger partial charge in [-0.05, 0) is 30.7 Å². The highest BCUT2D eigenvalue weighted by Crippen LogP contribution is 2.37. The van der Waals surface area contributed by atoms with Gasteiger partial charge in [-0.1, -0.05) is 12.1 Å². The summed E-state index contributed by atoms with van der Waals surface area (Å²) in [4.78, 5) is 34.1. The highest BCUT2D eigenvalue weighted by atomic mass is 16.5. The Hall–Kier alpha value is -3.15. The zero-order valence-electron chi connectivity index (χ0n) is 13.6. The Morgan fingerprint density at radius 1 is 0.917 bits per heavy atom. The van der Waals surface area contributed by atoms with E-state index in [1.807, 2.05) is 6.92 Å². The van der Waals surface area contributed by atoms with Crippen molar-refractivity contribution in [2.24, 2.45) is 5.73 Å². The molecular weight excluding hydrogens is 310 g/mol. The van der Waals surface area contributed by atoms with Crippen molar-refractivity contribution in [3.63, 3.8) is 0 Å². The Bertz CT molecular complexity index is 826. The van der Waals surface area contributed by atoms with Crippen LogP contribution < -0.4 is 15.2 Å². The summed E-state index contributed by atoms with van der Waals surface area (Å²) in [5.74, 6) is 0.397. The summed E-state index contributed by atoms with van der Waals surface area (Å²) in [5.41, 5.74) is 6.42. The van der Waals surface area contributed by atoms with Crippen LogP contribution in [0.1, 0.15) is 37.4 Å². The Balaban J connectivity index is 0.000000647. The lowest BCUT2D eigenvalue weighted by Gasteiger charge is -2.21. The van der Waals surface area contributed by atoms with E-state index in [1.165, 1.54) is 14.2 Å². The van der Waals surface area contributed by atoms with E-state index < -0.39 is 0 Å². The molecule has 6 nitrogen and oxygen atoms in total. The Labute approximate surface area is 139 Å². The predicted molar refractivity (Wildman–Crippen MR) is 87.8 cm³/mol. The van der Waals surface area contributed by atoms with Crippen molar-refractivity contribution in [3.8, 4) is 11.5 Å². The van der Waals surface area contributed by atoms with Gasteiger partial charge in [0.25, 0.3) is 0 Å². The van der Waals surface area contributed by atoms with Crippen LogP contribution >= 0.6 is 0 Å². The van der Waals surface area contributed by atoms with Crippen LogP contribution in [0.25, 0.3) is 0 Å². The number of fused-ring (bicyclic) bond motifs is 2. The zero-order valence-corrected chi connectivity index (χ0v) is 13.6. The third-order valence-electron chi connectivity index (χ3n) is 3.66. The number of methoxy groups -OCH3 is 2. The van der Waals surface area contributed by atoms with E-state index in [0.717, 1.165) is 5.56 Å². The number of ketones is 2. The second kappa shape index (κ2) is 6.95. The number of rotatable bonds is 2. The monoisotopic (exact) mass is 327 g/mol. The number of aryl methyl sites for hydroxylation is 1. The highest BCUT2D eigenvalue weighted by molar-refractivity contribution is 6.30. The third kappa shape index (κ3) is 2.74. The number of amides is 1. The molecule has 0 bridgehead atoms. The van der Waals surface area contributed by atoms with E-state index >= 15 is 0 Å². The Morgan fingerprint density at radius 2 is 1.50 bits per heavy atom. The van der Waals surface area contributed by atoms with E-state index in [0.29, 0.717) is 33.8 Å². The van der Waals surface area contributed by atoms with Gasteiger partial charge < -0.3 is 15.2 Å². The third-order valence-corrected chi connectivity index (χ3v) is 3.66. The van der Waals surface area contributed by atoms with Crippen LogP contribution in [0.3, 0.4) is 0 Å². The number of carbonyl (C=O) groups excluding carboxylic acids is 3. The molecule has 0 unspecified atom stereocenters. The van der Waals surface area contributed by atoms with Crippen molar-refractivity contribution in [2.75, 3.05) is 14.2 Å². The van der Waals surface area contributed by atoms with Crippen molar-refractivity contribution in [3.05, 3.63) is 58.1 Å². The Kier molecular flexibility index (Phi) is 4.99. The standard InChI is InChI=1S/C17H14O4.CH3NO/c1-9-7-11-15(13(8-9)21-3)17(19)14-10(16(11)18)5-4-6-12(14)20-2;2-1-3/h4-8H,1-3H3;1H,(H2,2,3). The molecule has 0 saturated heterocycles. The van der Waals surface area contributed by atoms with Gasteiger partial charge >= 0.3 is 0 Å². The van der Waals surface area contributed by atoms with Crippen LogP contribution in [-0.4, -0.2) is 32.2 Å². The molecule has 124 valence electrons. The molecule has 1 aliphatic rings. The Morgan fingerprint density at radius 3 is 2.08 bits per heavy atom. The number of hydrogen-bond donors (Lipinski definition) is 1. The molecule has 0 atom stereocenters. The lowest BCUT2D eigenvalue weighted by atomic mass is 9.82. The van der Waals surface area contributed by atoms with Crippen LogP contribution in [0.2, 0.25) is 0 Å². The molecule has 2 N–H and O–H groups in total. The second-order valence-electron chi connectivity index (χ2n) is 5.07. The summed E-state index contributed by atoms with van der Waals surface area (Å²) in [6, 6.07) is 8.51. The molecule has 0 aromatic heterocycles. The molecule has 2 aromatic carbocycles. The fraction of sp³-hybridized carbons (Fsp3) is 0.167. The summed E-state index contributed by atoms with van der Waals surface area (Å²) in [6.45, 7) is 1.86. The maximum atomic E-state index is 12.8. The number of nitrogens with two attached hydrogens (primary N) is 1. The van der Waals surface area contributed by atoms with E-state index in [9.17, 15) is 9.59 Å². The molecule has 0 aliphatic heterocycles. The highest BCUT2D eigenvalue weighted by Gasteiger charge is 2.34. The van der Waals surface area contributed by atoms with E-state index in [4.69, 9.17) is 14.3 Å². The largest absolute Gasteiger partial charge is 0.496 e. The normalized spacial score (nSPS) is 11.6. The van der Waals surface area contributed by atoms with Gasteiger partial charge in [0.15, 0.2) is 5.78 Å². The number of hydrogen-bond acceptors (Lipinski definition) is 5. The van der Waals surface area contributed by atoms with Gasteiger partial charge in [0.05, 0.1) is 25.3 Å². The van der Waals surface area contributed by atoms with Crippen molar-refractivity contribution in [2.45, 2.75) is 6.92 Å². The SMILES string of the molecule is COc1cccc2c1C(=O)c1c(OC)cc(C)cc1C2=O.NC=O. The number of carbonyl (C=O) groups is 3. The maximum Gasteiger partial charge on any atom is 0.204 e. The van der Waals surface area contributed by atoms with Crippen LogP contribution in [-0.2, 0) is 4.79 Å². The molecule has 1 aliphatic carbocycles. The molecule has 0 heterocycles. The van der Waals surface area contributed by atoms with E-state index in [2.05, 4.69) is 5.73 Å². The van der Waals surface area contributed by atoms with Gasteiger partial charge in [0, 0.05) is 11.1 Å². The van der Waals surface area contributed by atoms with E-state index in [1.54, 1.807) is 30.3 Å². The fourth-order valence-corrected chi connectivity index (χ4v) is 2.72. The molecule has 0 saturated carbocycles. The number of benzene rings is 2. The van der Waals surface area contributed by atoms with Gasteiger partial charge in [0.1, 0.15) is 11.5 Å².